The second kappa shape index (κ2) is 10.8. The third kappa shape index (κ3) is 4.94. The van der Waals surface area contributed by atoms with Crippen molar-refractivity contribution >= 4 is 34.9 Å². The summed E-state index contributed by atoms with van der Waals surface area (Å²) >= 11 is 6.79. The van der Waals surface area contributed by atoms with Crippen LogP contribution in [0.15, 0.2) is 24.8 Å². The number of alkyl halides is 3. The lowest BCUT2D eigenvalue weighted by molar-refractivity contribution is -0.137. The summed E-state index contributed by atoms with van der Waals surface area (Å²) in [4.78, 5) is 35.9. The third-order valence-electron chi connectivity index (χ3n) is 7.41. The highest BCUT2D eigenvalue weighted by Crippen LogP contribution is 2.48. The minimum absolute atomic E-state index is 0.00401. The monoisotopic (exact) mass is 579 g/mol. The number of carbonyl (C=O) groups is 2. The van der Waals surface area contributed by atoms with E-state index in [1.54, 1.807) is 21.6 Å². The van der Waals surface area contributed by atoms with Gasteiger partial charge in [-0.25, -0.2) is 4.98 Å². The zero-order chi connectivity index (χ0) is 28.8. The van der Waals surface area contributed by atoms with Gasteiger partial charge in [0.2, 0.25) is 5.91 Å². The largest absolute Gasteiger partial charge is 0.489 e. The molecule has 0 saturated carbocycles. The first-order valence-electron chi connectivity index (χ1n) is 13.0. The second-order valence-electron chi connectivity index (χ2n) is 9.81. The Balaban J connectivity index is 1.71. The number of piperazine rings is 1. The number of amides is 2. The van der Waals surface area contributed by atoms with Crippen LogP contribution in [0.2, 0.25) is 5.02 Å². The number of aryl methyl sites for hydroxylation is 1. The van der Waals surface area contributed by atoms with E-state index >= 15 is 0 Å². The van der Waals surface area contributed by atoms with E-state index in [0.717, 1.165) is 0 Å². The van der Waals surface area contributed by atoms with Gasteiger partial charge >= 0.3 is 6.18 Å². The number of nitrogen functional groups attached to an aromatic ring is 1. The lowest BCUT2D eigenvalue weighted by Crippen LogP contribution is -2.57. The number of fused-ring (bicyclic) bond motifs is 2. The van der Waals surface area contributed by atoms with Crippen LogP contribution < -0.4 is 15.4 Å². The van der Waals surface area contributed by atoms with Crippen LogP contribution in [0.5, 0.6) is 5.75 Å². The molecule has 0 radical (unpaired) electrons. The Morgan fingerprint density at radius 3 is 2.62 bits per heavy atom. The van der Waals surface area contributed by atoms with Crippen LogP contribution in [0.4, 0.5) is 24.7 Å². The van der Waals surface area contributed by atoms with E-state index < -0.39 is 23.7 Å². The molecule has 1 atom stereocenters. The van der Waals surface area contributed by atoms with E-state index in [0.29, 0.717) is 32.8 Å². The number of nitrogens with zero attached hydrogens (tertiary/aromatic N) is 4. The van der Waals surface area contributed by atoms with Gasteiger partial charge in [-0.2, -0.15) is 13.2 Å². The van der Waals surface area contributed by atoms with Crippen molar-refractivity contribution in [3.05, 3.63) is 46.5 Å². The van der Waals surface area contributed by atoms with Gasteiger partial charge in [0.05, 0.1) is 30.5 Å². The normalized spacial score (nSPS) is 19.5. The summed E-state index contributed by atoms with van der Waals surface area (Å²) in [5.74, 6) is -0.550. The second-order valence-corrected chi connectivity index (χ2v) is 10.2. The molecule has 1 aromatic carbocycles. The molecule has 2 saturated heterocycles. The van der Waals surface area contributed by atoms with Gasteiger partial charge < -0.3 is 29.9 Å². The maximum absolute atomic E-state index is 14.4. The molecule has 1 aromatic heterocycles. The Labute approximate surface area is 234 Å². The highest BCUT2D eigenvalue weighted by Gasteiger charge is 2.42. The van der Waals surface area contributed by atoms with Crippen LogP contribution in [-0.4, -0.2) is 85.2 Å². The van der Waals surface area contributed by atoms with Crippen LogP contribution in [-0.2, 0) is 22.1 Å². The molecule has 3 aliphatic heterocycles. The molecular weight excluding hydrogens is 551 g/mol. The Bertz CT molecular complexity index is 1360. The first kappa shape index (κ1) is 28.0. The summed E-state index contributed by atoms with van der Waals surface area (Å²) in [5.41, 5.74) is 4.90. The fraction of sp³-hybridized carbons (Fsp3) is 0.444. The molecule has 2 fully saturated rings. The van der Waals surface area contributed by atoms with E-state index in [1.807, 2.05) is 0 Å². The van der Waals surface area contributed by atoms with E-state index in [4.69, 9.17) is 26.8 Å². The average Bonchev–Trinajstić information content (AvgIpc) is 3.08. The Morgan fingerprint density at radius 1 is 1.25 bits per heavy atom. The molecule has 5 rings (SSSR count). The zero-order valence-corrected chi connectivity index (χ0v) is 22.6. The number of hydrogen-bond acceptors (Lipinski definition) is 7. The van der Waals surface area contributed by atoms with Crippen LogP contribution in [0.25, 0.3) is 11.3 Å². The predicted octanol–water partition coefficient (Wildman–Crippen LogP) is 3.63. The van der Waals surface area contributed by atoms with Gasteiger partial charge in [-0.05, 0) is 30.2 Å². The lowest BCUT2D eigenvalue weighted by Gasteiger charge is -2.39. The number of benzene rings is 1. The van der Waals surface area contributed by atoms with Gasteiger partial charge in [0.15, 0.2) is 5.75 Å². The van der Waals surface area contributed by atoms with Crippen LogP contribution in [0, 0.1) is 0 Å². The van der Waals surface area contributed by atoms with Gasteiger partial charge in [0, 0.05) is 44.0 Å². The molecule has 2 aromatic rings. The highest BCUT2D eigenvalue weighted by molar-refractivity contribution is 6.35. The van der Waals surface area contributed by atoms with E-state index in [9.17, 15) is 22.8 Å². The van der Waals surface area contributed by atoms with Crippen molar-refractivity contribution in [3.8, 4) is 17.0 Å². The molecule has 0 bridgehead atoms. The van der Waals surface area contributed by atoms with E-state index in [-0.39, 0.29) is 76.7 Å². The smallest absolute Gasteiger partial charge is 0.417 e. The summed E-state index contributed by atoms with van der Waals surface area (Å²) < 4.78 is 54.9. The Hall–Kier alpha value is -3.51. The molecule has 40 heavy (non-hydrogen) atoms. The summed E-state index contributed by atoms with van der Waals surface area (Å²) in [6, 6.07) is 1.99. The van der Waals surface area contributed by atoms with Crippen molar-refractivity contribution in [3.63, 3.8) is 0 Å². The third-order valence-corrected chi connectivity index (χ3v) is 7.76. The number of rotatable bonds is 4. The van der Waals surface area contributed by atoms with Crippen molar-refractivity contribution in [2.24, 2.45) is 0 Å². The van der Waals surface area contributed by atoms with Crippen molar-refractivity contribution in [2.75, 3.05) is 63.2 Å². The quantitative estimate of drug-likeness (QED) is 0.436. The van der Waals surface area contributed by atoms with E-state index in [1.165, 1.54) is 18.2 Å². The van der Waals surface area contributed by atoms with Gasteiger partial charge in [-0.3, -0.25) is 9.59 Å². The number of anilines is 2. The first-order chi connectivity index (χ1) is 19.0. The number of aromatic nitrogens is 1. The number of hydrogen-bond donors (Lipinski definition) is 1. The van der Waals surface area contributed by atoms with Gasteiger partial charge in [-0.15, -0.1) is 0 Å². The SMILES string of the molecule is C=CC(=O)N1CCN2C(=O)c3c(N4CCOCC4)nc(-c4cc(N)cc(CC)c4C(F)(F)F)c(Cl)c3OCC2C1. The fourth-order valence-corrected chi connectivity index (χ4v) is 5.78. The lowest BCUT2D eigenvalue weighted by atomic mass is 9.94. The minimum Gasteiger partial charge on any atom is -0.489 e. The van der Waals surface area contributed by atoms with Crippen LogP contribution in [0.1, 0.15) is 28.4 Å². The topological polar surface area (TPSA) is 101 Å². The molecule has 3 aliphatic rings. The van der Waals surface area contributed by atoms with Crippen LogP contribution >= 0.6 is 11.6 Å². The number of pyridine rings is 1. The molecule has 1 unspecified atom stereocenters. The van der Waals surface area contributed by atoms with Crippen molar-refractivity contribution in [1.82, 2.24) is 14.8 Å². The number of halogens is 4. The molecule has 9 nitrogen and oxygen atoms in total. The molecule has 4 heterocycles. The van der Waals surface area contributed by atoms with Crippen molar-refractivity contribution < 1.29 is 32.2 Å². The van der Waals surface area contributed by atoms with Crippen molar-refractivity contribution in [2.45, 2.75) is 25.6 Å². The highest BCUT2D eigenvalue weighted by atomic mass is 35.5. The average molecular weight is 580 g/mol. The number of nitrogens with two attached hydrogens (primary N) is 1. The minimum atomic E-state index is -4.72. The van der Waals surface area contributed by atoms with Gasteiger partial charge in [0.1, 0.15) is 23.0 Å². The summed E-state index contributed by atoms with van der Waals surface area (Å²) in [6.07, 6.45) is -3.43. The van der Waals surface area contributed by atoms with Crippen molar-refractivity contribution in [1.29, 1.82) is 0 Å². The molecule has 214 valence electrons. The zero-order valence-electron chi connectivity index (χ0n) is 21.9. The summed E-state index contributed by atoms with van der Waals surface area (Å²) in [7, 11) is 0. The maximum atomic E-state index is 14.4. The Kier molecular flexibility index (Phi) is 7.58. The Morgan fingerprint density at radius 2 is 1.98 bits per heavy atom. The molecule has 0 spiro atoms. The predicted molar refractivity (Wildman–Crippen MR) is 144 cm³/mol. The molecule has 0 aliphatic carbocycles. The number of carbonyl (C=O) groups excluding carboxylic acids is 2. The first-order valence-corrected chi connectivity index (χ1v) is 13.3. The van der Waals surface area contributed by atoms with Gasteiger partial charge in [-0.1, -0.05) is 25.1 Å². The summed E-state index contributed by atoms with van der Waals surface area (Å²) in [5, 5.41) is -0.211. The molecular formula is C27H29ClF3N5O4. The molecule has 13 heteroatoms. The number of ether oxygens (including phenoxy) is 2. The molecule has 2 amide bonds. The molecule has 2 N–H and O–H groups in total. The standard InChI is InChI=1S/C27H29ClF3N5O4/c1-3-15-11-16(32)12-18(21(15)27(29,30)31)23-22(28)24-20(25(33-23)34-7-9-39-10-8-34)26(38)36-6-5-35(19(37)4-2)13-17(36)14-40-24/h4,11-12,17H,2-3,5-10,13-14,32H2,1H3. The van der Waals surface area contributed by atoms with E-state index in [2.05, 4.69) is 11.6 Å². The fourth-order valence-electron chi connectivity index (χ4n) is 5.49. The number of morpholine rings is 1. The van der Waals surface area contributed by atoms with Gasteiger partial charge in [0.25, 0.3) is 5.91 Å². The summed E-state index contributed by atoms with van der Waals surface area (Å²) in [6.45, 7) is 7.29. The maximum Gasteiger partial charge on any atom is 0.417 e. The van der Waals surface area contributed by atoms with Crippen LogP contribution in [0.3, 0.4) is 0 Å².